The van der Waals surface area contributed by atoms with Crippen LogP contribution in [0.2, 0.25) is 0 Å². The SMILES string of the molecule is Cc1cc(C)c(S(=O)(=O)N(C)C(=O)/C=C/c2ccc(F)cc2)c(C)c1. The van der Waals surface area contributed by atoms with E-state index < -0.39 is 15.9 Å². The summed E-state index contributed by atoms with van der Waals surface area (Å²) < 4.78 is 39.2. The molecule has 0 fully saturated rings. The number of benzene rings is 2. The van der Waals surface area contributed by atoms with Crippen LogP contribution in [0.5, 0.6) is 0 Å². The number of hydrogen-bond acceptors (Lipinski definition) is 3. The minimum atomic E-state index is -3.95. The van der Waals surface area contributed by atoms with E-state index in [0.29, 0.717) is 16.7 Å². The van der Waals surface area contributed by atoms with Gasteiger partial charge in [0.05, 0.1) is 4.90 Å². The van der Waals surface area contributed by atoms with Crippen molar-refractivity contribution in [1.82, 2.24) is 4.31 Å². The Kier molecular flexibility index (Phi) is 5.42. The molecule has 0 saturated heterocycles. The molecule has 132 valence electrons. The molecule has 0 spiro atoms. The second-order valence-electron chi connectivity index (χ2n) is 5.92. The van der Waals surface area contributed by atoms with Gasteiger partial charge in [-0.05, 0) is 55.7 Å². The summed E-state index contributed by atoms with van der Waals surface area (Å²) in [6.07, 6.45) is 2.60. The van der Waals surface area contributed by atoms with Crippen LogP contribution in [0, 0.1) is 26.6 Å². The van der Waals surface area contributed by atoms with Crippen LogP contribution in [0.4, 0.5) is 4.39 Å². The van der Waals surface area contributed by atoms with Gasteiger partial charge in [-0.25, -0.2) is 17.1 Å². The molecule has 0 atom stereocenters. The predicted molar refractivity (Wildman–Crippen MR) is 96.0 cm³/mol. The maximum atomic E-state index is 12.9. The number of halogens is 1. The third kappa shape index (κ3) is 4.14. The monoisotopic (exact) mass is 361 g/mol. The molecule has 4 nitrogen and oxygen atoms in total. The Labute approximate surface area is 147 Å². The van der Waals surface area contributed by atoms with Gasteiger partial charge in [-0.1, -0.05) is 29.8 Å². The van der Waals surface area contributed by atoms with Crippen molar-refractivity contribution >= 4 is 22.0 Å². The van der Waals surface area contributed by atoms with E-state index in [1.54, 1.807) is 26.0 Å². The summed E-state index contributed by atoms with van der Waals surface area (Å²) in [4.78, 5) is 12.4. The quantitative estimate of drug-likeness (QED) is 0.782. The largest absolute Gasteiger partial charge is 0.269 e. The molecule has 2 aromatic carbocycles. The van der Waals surface area contributed by atoms with E-state index in [-0.39, 0.29) is 10.7 Å². The summed E-state index contributed by atoms with van der Waals surface area (Å²) in [5.41, 5.74) is 2.75. The van der Waals surface area contributed by atoms with Gasteiger partial charge in [-0.15, -0.1) is 0 Å². The molecule has 0 N–H and O–H groups in total. The number of amides is 1. The standard InChI is InChI=1S/C19H20FNO3S/c1-13-11-14(2)19(15(3)12-13)25(23,24)21(4)18(22)10-7-16-5-8-17(20)9-6-16/h5-12H,1-4H3/b10-7+. The third-order valence-corrected chi connectivity index (χ3v) is 5.88. The van der Waals surface area contributed by atoms with E-state index in [4.69, 9.17) is 0 Å². The highest BCUT2D eigenvalue weighted by molar-refractivity contribution is 7.89. The van der Waals surface area contributed by atoms with Crippen LogP contribution < -0.4 is 0 Å². The van der Waals surface area contributed by atoms with Gasteiger partial charge in [0.1, 0.15) is 5.82 Å². The fourth-order valence-corrected chi connectivity index (χ4v) is 4.18. The van der Waals surface area contributed by atoms with E-state index in [1.165, 1.54) is 37.4 Å². The summed E-state index contributed by atoms with van der Waals surface area (Å²) in [5, 5.41) is 0. The van der Waals surface area contributed by atoms with Gasteiger partial charge in [0, 0.05) is 13.1 Å². The zero-order valence-corrected chi connectivity index (χ0v) is 15.4. The number of rotatable bonds is 4. The molecule has 2 rings (SSSR count). The summed E-state index contributed by atoms with van der Waals surface area (Å²) >= 11 is 0. The maximum absolute atomic E-state index is 12.9. The average Bonchev–Trinajstić information content (AvgIpc) is 2.52. The Balaban J connectivity index is 2.30. The lowest BCUT2D eigenvalue weighted by molar-refractivity contribution is -0.120. The van der Waals surface area contributed by atoms with Gasteiger partial charge in [0.15, 0.2) is 0 Å². The lowest BCUT2D eigenvalue weighted by Crippen LogP contribution is -2.32. The Hall–Kier alpha value is -2.47. The van der Waals surface area contributed by atoms with Gasteiger partial charge in [0.25, 0.3) is 15.9 Å². The lowest BCUT2D eigenvalue weighted by Gasteiger charge is -2.19. The van der Waals surface area contributed by atoms with Gasteiger partial charge >= 0.3 is 0 Å². The fourth-order valence-electron chi connectivity index (χ4n) is 2.68. The number of aryl methyl sites for hydroxylation is 3. The number of likely N-dealkylation sites (N-methyl/N-ethyl adjacent to an activating group) is 1. The minimum absolute atomic E-state index is 0.143. The van der Waals surface area contributed by atoms with Crippen LogP contribution in [-0.4, -0.2) is 25.7 Å². The van der Waals surface area contributed by atoms with E-state index in [1.807, 2.05) is 6.92 Å². The minimum Gasteiger partial charge on any atom is -0.269 e. The average molecular weight is 361 g/mol. The van der Waals surface area contributed by atoms with Crippen molar-refractivity contribution in [1.29, 1.82) is 0 Å². The number of sulfonamides is 1. The molecule has 2 aromatic rings. The van der Waals surface area contributed by atoms with Crippen molar-refractivity contribution in [2.24, 2.45) is 0 Å². The molecular formula is C19H20FNO3S. The zero-order chi connectivity index (χ0) is 18.8. The summed E-state index contributed by atoms with van der Waals surface area (Å²) in [6.45, 7) is 5.30. The van der Waals surface area contributed by atoms with Crippen molar-refractivity contribution < 1.29 is 17.6 Å². The molecule has 0 bridgehead atoms. The first-order valence-electron chi connectivity index (χ1n) is 7.67. The molecule has 25 heavy (non-hydrogen) atoms. The van der Waals surface area contributed by atoms with E-state index in [2.05, 4.69) is 0 Å². The molecule has 1 amide bonds. The highest BCUT2D eigenvalue weighted by Crippen LogP contribution is 2.24. The first-order chi connectivity index (χ1) is 11.6. The van der Waals surface area contributed by atoms with Gasteiger partial charge in [0.2, 0.25) is 0 Å². The summed E-state index contributed by atoms with van der Waals surface area (Å²) in [7, 11) is -2.73. The Morgan fingerprint density at radius 2 is 1.56 bits per heavy atom. The third-order valence-electron chi connectivity index (χ3n) is 3.82. The summed E-state index contributed by atoms with van der Waals surface area (Å²) in [6, 6.07) is 9.08. The lowest BCUT2D eigenvalue weighted by atomic mass is 10.1. The number of carbonyl (C=O) groups excluding carboxylic acids is 1. The number of nitrogens with zero attached hydrogens (tertiary/aromatic N) is 1. The highest BCUT2D eigenvalue weighted by Gasteiger charge is 2.27. The molecule has 0 heterocycles. The van der Waals surface area contributed by atoms with E-state index in [9.17, 15) is 17.6 Å². The molecule has 0 saturated carbocycles. The van der Waals surface area contributed by atoms with Crippen molar-refractivity contribution in [3.8, 4) is 0 Å². The van der Waals surface area contributed by atoms with Gasteiger partial charge in [-0.2, -0.15) is 0 Å². The van der Waals surface area contributed by atoms with Gasteiger partial charge < -0.3 is 0 Å². The molecular weight excluding hydrogens is 341 g/mol. The smallest absolute Gasteiger partial charge is 0.267 e. The van der Waals surface area contributed by atoms with Gasteiger partial charge in [-0.3, -0.25) is 4.79 Å². The Bertz CT molecular complexity index is 909. The number of hydrogen-bond donors (Lipinski definition) is 0. The second kappa shape index (κ2) is 7.19. The highest BCUT2D eigenvalue weighted by atomic mass is 32.2. The van der Waals surface area contributed by atoms with Crippen LogP contribution >= 0.6 is 0 Å². The molecule has 0 aliphatic rings. The van der Waals surface area contributed by atoms with Crippen LogP contribution in [0.15, 0.2) is 47.4 Å². The van der Waals surface area contributed by atoms with Crippen LogP contribution in [0.3, 0.4) is 0 Å². The first-order valence-corrected chi connectivity index (χ1v) is 9.11. The fraction of sp³-hybridized carbons (Fsp3) is 0.211. The van der Waals surface area contributed by atoms with Crippen LogP contribution in [0.25, 0.3) is 6.08 Å². The molecule has 0 radical (unpaired) electrons. The maximum Gasteiger partial charge on any atom is 0.267 e. The van der Waals surface area contributed by atoms with Crippen LogP contribution in [-0.2, 0) is 14.8 Å². The molecule has 0 aromatic heterocycles. The van der Waals surface area contributed by atoms with Crippen molar-refractivity contribution in [2.45, 2.75) is 25.7 Å². The van der Waals surface area contributed by atoms with E-state index >= 15 is 0 Å². The second-order valence-corrected chi connectivity index (χ2v) is 7.83. The zero-order valence-electron chi connectivity index (χ0n) is 14.6. The topological polar surface area (TPSA) is 54.5 Å². The summed E-state index contributed by atoms with van der Waals surface area (Å²) in [5.74, 6) is -1.06. The Morgan fingerprint density at radius 3 is 2.08 bits per heavy atom. The molecule has 0 unspecified atom stereocenters. The molecule has 0 aliphatic heterocycles. The number of carbonyl (C=O) groups is 1. The van der Waals surface area contributed by atoms with Crippen LogP contribution in [0.1, 0.15) is 22.3 Å². The Morgan fingerprint density at radius 1 is 1.04 bits per heavy atom. The van der Waals surface area contributed by atoms with Crippen molar-refractivity contribution in [2.75, 3.05) is 7.05 Å². The molecule has 0 aliphatic carbocycles. The van der Waals surface area contributed by atoms with Crippen molar-refractivity contribution in [3.05, 3.63) is 70.5 Å². The first kappa shape index (κ1) is 18.9. The predicted octanol–water partition coefficient (Wildman–Crippen LogP) is 3.61. The van der Waals surface area contributed by atoms with E-state index in [0.717, 1.165) is 15.9 Å². The van der Waals surface area contributed by atoms with Crippen molar-refractivity contribution in [3.63, 3.8) is 0 Å². The normalized spacial score (nSPS) is 11.7. The molecule has 6 heteroatoms.